The summed E-state index contributed by atoms with van der Waals surface area (Å²) in [5.74, 6) is -0.992. The minimum Gasteiger partial charge on any atom is -0.326 e. The lowest BCUT2D eigenvalue weighted by atomic mass is 10.2. The predicted octanol–water partition coefficient (Wildman–Crippen LogP) is 0.906. The summed E-state index contributed by atoms with van der Waals surface area (Å²) in [6.45, 7) is 4.22. The summed E-state index contributed by atoms with van der Waals surface area (Å²) >= 11 is 0. The third kappa shape index (κ3) is 6.10. The number of benzene rings is 2. The summed E-state index contributed by atoms with van der Waals surface area (Å²) in [6.07, 6.45) is 0. The van der Waals surface area contributed by atoms with Gasteiger partial charge >= 0.3 is 0 Å². The van der Waals surface area contributed by atoms with Crippen molar-refractivity contribution in [3.63, 3.8) is 0 Å². The van der Waals surface area contributed by atoms with Crippen LogP contribution in [-0.4, -0.2) is 34.7 Å². The van der Waals surface area contributed by atoms with E-state index in [4.69, 9.17) is 5.14 Å². The lowest BCUT2D eigenvalue weighted by Crippen LogP contribution is -2.41. The van der Waals surface area contributed by atoms with E-state index in [2.05, 4.69) is 15.4 Å². The summed E-state index contributed by atoms with van der Waals surface area (Å²) < 4.78 is 50.4. The van der Waals surface area contributed by atoms with Crippen LogP contribution in [0.1, 0.15) is 19.4 Å². The summed E-state index contributed by atoms with van der Waals surface area (Å²) in [5, 5.41) is 10.1. The van der Waals surface area contributed by atoms with Crippen molar-refractivity contribution in [1.29, 1.82) is 0 Å². The van der Waals surface area contributed by atoms with Crippen LogP contribution in [0.25, 0.3) is 0 Å². The first-order chi connectivity index (χ1) is 13.8. The van der Waals surface area contributed by atoms with E-state index in [1.807, 2.05) is 0 Å². The molecule has 1 unspecified atom stereocenters. The van der Waals surface area contributed by atoms with Gasteiger partial charge in [0.05, 0.1) is 15.8 Å². The zero-order chi connectivity index (χ0) is 22.7. The van der Waals surface area contributed by atoms with Crippen LogP contribution < -0.4 is 20.5 Å². The Labute approximate surface area is 175 Å². The second kappa shape index (κ2) is 8.92. The Hall–Kier alpha value is -2.80. The van der Waals surface area contributed by atoms with Crippen molar-refractivity contribution in [1.82, 2.24) is 4.72 Å². The Morgan fingerprint density at radius 1 is 0.933 bits per heavy atom. The molecule has 12 heteroatoms. The van der Waals surface area contributed by atoms with E-state index in [-0.39, 0.29) is 21.4 Å². The molecule has 5 N–H and O–H groups in total. The molecule has 0 bridgehead atoms. The molecule has 0 aliphatic heterocycles. The average Bonchev–Trinajstić information content (AvgIpc) is 2.62. The highest BCUT2D eigenvalue weighted by Gasteiger charge is 2.23. The van der Waals surface area contributed by atoms with Gasteiger partial charge in [-0.05, 0) is 55.8 Å². The molecule has 10 nitrogen and oxygen atoms in total. The third-order valence-electron chi connectivity index (χ3n) is 3.97. The highest BCUT2D eigenvalue weighted by Crippen LogP contribution is 2.19. The lowest BCUT2D eigenvalue weighted by molar-refractivity contribution is -0.117. The number of rotatable bonds is 7. The molecule has 0 aliphatic rings. The lowest BCUT2D eigenvalue weighted by Gasteiger charge is -2.15. The van der Waals surface area contributed by atoms with Crippen LogP contribution in [0.2, 0.25) is 0 Å². The fraction of sp³-hybridized carbons (Fsp3) is 0.222. The number of primary sulfonamides is 1. The number of sulfonamides is 2. The molecule has 0 saturated heterocycles. The maximum Gasteiger partial charge on any atom is 0.242 e. The highest BCUT2D eigenvalue weighted by atomic mass is 32.2. The minimum absolute atomic E-state index is 0.0944. The molecule has 162 valence electrons. The smallest absolute Gasteiger partial charge is 0.242 e. The molecular weight excluding hydrogens is 432 g/mol. The van der Waals surface area contributed by atoms with Gasteiger partial charge in [-0.15, -0.1) is 0 Å². The molecule has 0 fully saturated rings. The number of nitrogens with one attached hydrogen (secondary N) is 3. The quantitative estimate of drug-likeness (QED) is 0.485. The van der Waals surface area contributed by atoms with Crippen molar-refractivity contribution in [2.75, 3.05) is 10.6 Å². The Kier molecular flexibility index (Phi) is 6.98. The summed E-state index contributed by atoms with van der Waals surface area (Å²) in [7, 11) is -8.00. The molecule has 0 radical (unpaired) electrons. The molecule has 2 rings (SSSR count). The molecular formula is C18H22N4O6S2. The fourth-order valence-corrected chi connectivity index (χ4v) is 4.52. The van der Waals surface area contributed by atoms with Gasteiger partial charge in [-0.1, -0.05) is 6.07 Å². The SMILES string of the molecule is CC(=O)Nc1ccc(S(=O)(=O)NC(C)C(=O)Nc2ccc(C)c(S(N)(=O)=O)c2)cc1. The fourth-order valence-electron chi connectivity index (χ4n) is 2.51. The van der Waals surface area contributed by atoms with Gasteiger partial charge in [-0.25, -0.2) is 22.0 Å². The zero-order valence-corrected chi connectivity index (χ0v) is 18.1. The number of hydrogen-bond donors (Lipinski definition) is 4. The van der Waals surface area contributed by atoms with Crippen molar-refractivity contribution in [2.24, 2.45) is 5.14 Å². The van der Waals surface area contributed by atoms with Crippen LogP contribution in [0, 0.1) is 6.92 Å². The Morgan fingerprint density at radius 3 is 2.03 bits per heavy atom. The third-order valence-corrected chi connectivity index (χ3v) is 6.58. The van der Waals surface area contributed by atoms with Gasteiger partial charge in [-0.3, -0.25) is 9.59 Å². The van der Waals surface area contributed by atoms with E-state index in [1.54, 1.807) is 6.92 Å². The number of hydrogen-bond acceptors (Lipinski definition) is 6. The largest absolute Gasteiger partial charge is 0.326 e. The average molecular weight is 455 g/mol. The maximum absolute atomic E-state index is 12.5. The molecule has 0 heterocycles. The van der Waals surface area contributed by atoms with E-state index in [9.17, 15) is 26.4 Å². The van der Waals surface area contributed by atoms with Gasteiger partial charge in [0.25, 0.3) is 0 Å². The molecule has 2 amide bonds. The number of carbonyl (C=O) groups excluding carboxylic acids is 2. The monoisotopic (exact) mass is 454 g/mol. The van der Waals surface area contributed by atoms with Crippen molar-refractivity contribution in [3.05, 3.63) is 48.0 Å². The van der Waals surface area contributed by atoms with Gasteiger partial charge in [0.2, 0.25) is 31.9 Å². The second-order valence-electron chi connectivity index (χ2n) is 6.56. The molecule has 0 aliphatic carbocycles. The summed E-state index contributed by atoms with van der Waals surface area (Å²) in [5.41, 5.74) is 0.990. The van der Waals surface area contributed by atoms with Crippen LogP contribution in [0.15, 0.2) is 52.3 Å². The Balaban J connectivity index is 2.12. The first-order valence-corrected chi connectivity index (χ1v) is 11.7. The Bertz CT molecular complexity index is 1180. The van der Waals surface area contributed by atoms with Crippen LogP contribution in [0.5, 0.6) is 0 Å². The molecule has 0 aromatic heterocycles. The number of anilines is 2. The summed E-state index contributed by atoms with van der Waals surface area (Å²) in [6, 6.07) is 8.40. The normalized spacial score (nSPS) is 12.8. The maximum atomic E-state index is 12.5. The van der Waals surface area contributed by atoms with Gasteiger partial charge in [0.1, 0.15) is 0 Å². The number of amides is 2. The molecule has 2 aromatic rings. The molecule has 0 saturated carbocycles. The predicted molar refractivity (Wildman–Crippen MR) is 112 cm³/mol. The van der Waals surface area contributed by atoms with E-state index in [0.717, 1.165) is 0 Å². The van der Waals surface area contributed by atoms with Crippen LogP contribution >= 0.6 is 0 Å². The van der Waals surface area contributed by atoms with Gasteiger partial charge in [-0.2, -0.15) is 4.72 Å². The highest BCUT2D eigenvalue weighted by molar-refractivity contribution is 7.89. The Morgan fingerprint density at radius 2 is 1.50 bits per heavy atom. The van der Waals surface area contributed by atoms with Crippen molar-refractivity contribution >= 4 is 43.2 Å². The van der Waals surface area contributed by atoms with Gasteiger partial charge in [0.15, 0.2) is 0 Å². The van der Waals surface area contributed by atoms with E-state index >= 15 is 0 Å². The van der Waals surface area contributed by atoms with Crippen molar-refractivity contribution < 1.29 is 26.4 Å². The standard InChI is InChI=1S/C18H22N4O6S2/c1-11-4-5-15(10-17(11)29(19,25)26)21-18(24)12(2)22-30(27,28)16-8-6-14(7-9-16)20-13(3)23/h4-10,12,22H,1-3H3,(H,20,23)(H,21,24)(H2,19,25,26). The van der Waals surface area contributed by atoms with Gasteiger partial charge in [0, 0.05) is 18.3 Å². The zero-order valence-electron chi connectivity index (χ0n) is 16.5. The molecule has 1 atom stereocenters. The summed E-state index contributed by atoms with van der Waals surface area (Å²) in [4.78, 5) is 23.2. The van der Waals surface area contributed by atoms with E-state index in [0.29, 0.717) is 11.3 Å². The molecule has 2 aromatic carbocycles. The van der Waals surface area contributed by atoms with Crippen molar-refractivity contribution in [3.8, 4) is 0 Å². The van der Waals surface area contributed by atoms with E-state index < -0.39 is 32.0 Å². The topological polar surface area (TPSA) is 165 Å². The number of nitrogens with two attached hydrogens (primary N) is 1. The number of carbonyl (C=O) groups is 2. The van der Waals surface area contributed by atoms with Crippen LogP contribution in [-0.2, 0) is 29.6 Å². The first-order valence-electron chi connectivity index (χ1n) is 8.64. The molecule has 30 heavy (non-hydrogen) atoms. The number of aryl methyl sites for hydroxylation is 1. The van der Waals surface area contributed by atoms with Crippen LogP contribution in [0.4, 0.5) is 11.4 Å². The second-order valence-corrected chi connectivity index (χ2v) is 9.81. The minimum atomic E-state index is -4.02. The van der Waals surface area contributed by atoms with Gasteiger partial charge < -0.3 is 10.6 Å². The molecule has 0 spiro atoms. The van der Waals surface area contributed by atoms with E-state index in [1.165, 1.54) is 56.3 Å². The van der Waals surface area contributed by atoms with Crippen molar-refractivity contribution in [2.45, 2.75) is 36.6 Å². The first kappa shape index (κ1) is 23.5. The van der Waals surface area contributed by atoms with Crippen LogP contribution in [0.3, 0.4) is 0 Å².